The van der Waals surface area contributed by atoms with E-state index in [0.717, 1.165) is 0 Å². The van der Waals surface area contributed by atoms with Gasteiger partial charge < -0.3 is 10.1 Å². The minimum absolute atomic E-state index is 0. The summed E-state index contributed by atoms with van der Waals surface area (Å²) in [5, 5.41) is 26.4. The fourth-order valence-electron chi connectivity index (χ4n) is 0.563. The van der Waals surface area contributed by atoms with Crippen LogP contribution in [0.1, 0.15) is 0 Å². The van der Waals surface area contributed by atoms with Crippen molar-refractivity contribution in [2.45, 2.75) is 0 Å². The van der Waals surface area contributed by atoms with E-state index in [4.69, 9.17) is 5.26 Å². The summed E-state index contributed by atoms with van der Waals surface area (Å²) in [6.07, 6.45) is 0. The van der Waals surface area contributed by atoms with E-state index in [1.54, 1.807) is 30.3 Å². The molecular weight excluding hydrogens is 207 g/mol. The minimum Gasteiger partial charge on any atom is -0.689 e. The zero-order chi connectivity index (χ0) is 9.36. The van der Waals surface area contributed by atoms with Crippen LogP contribution in [-0.2, 0) is 25.2 Å². The van der Waals surface area contributed by atoms with Gasteiger partial charge >= 0.3 is 29.6 Å². The summed E-state index contributed by atoms with van der Waals surface area (Å²) in [6.45, 7) is 0. The van der Waals surface area contributed by atoms with Crippen LogP contribution in [0.4, 0.5) is 0 Å². The van der Waals surface area contributed by atoms with Crippen LogP contribution >= 0.6 is 0 Å². The van der Waals surface area contributed by atoms with Crippen molar-refractivity contribution in [3.63, 3.8) is 0 Å². The molecule has 0 saturated heterocycles. The van der Waals surface area contributed by atoms with Crippen molar-refractivity contribution in [1.82, 2.24) is 0 Å². The van der Waals surface area contributed by atoms with Crippen LogP contribution in [0.15, 0.2) is 30.3 Å². The Bertz CT molecular complexity index is 219. The smallest absolute Gasteiger partial charge is 0.689 e. The molecule has 0 amide bonds. The molecule has 7 nitrogen and oxygen atoms in total. The minimum atomic E-state index is 0. The molecule has 0 N–H and O–H groups in total. The topological polar surface area (TPSA) is 78.4 Å². The zero-order valence-electron chi connectivity index (χ0n) is 7.24. The largest absolute Gasteiger partial charge is 1.00 e. The second-order valence-electron chi connectivity index (χ2n) is 1.74. The van der Waals surface area contributed by atoms with Gasteiger partial charge in [-0.25, -0.2) is 0 Å². The van der Waals surface area contributed by atoms with Gasteiger partial charge in [-0.3, -0.25) is 5.04 Å². The van der Waals surface area contributed by atoms with Crippen molar-refractivity contribution in [3.8, 4) is 5.75 Å². The van der Waals surface area contributed by atoms with Crippen LogP contribution in [-0.4, -0.2) is 0 Å². The second kappa shape index (κ2) is 9.34. The molecule has 0 bridgehead atoms. The summed E-state index contributed by atoms with van der Waals surface area (Å²) < 4.78 is 0. The molecule has 0 aromatic heterocycles. The SMILES string of the molecule is [Na+].[O-]OOOOOOc1ccccc1. The van der Waals surface area contributed by atoms with E-state index >= 15 is 0 Å². The van der Waals surface area contributed by atoms with Gasteiger partial charge in [0, 0.05) is 10.1 Å². The molecule has 0 saturated carbocycles. The van der Waals surface area contributed by atoms with Crippen LogP contribution in [0.25, 0.3) is 0 Å². The Morgan fingerprint density at radius 1 is 0.857 bits per heavy atom. The maximum atomic E-state index is 9.14. The molecule has 8 heteroatoms. The molecule has 0 radical (unpaired) electrons. The summed E-state index contributed by atoms with van der Waals surface area (Å²) in [5.74, 6) is 0.383. The monoisotopic (exact) mass is 212 g/mol. The van der Waals surface area contributed by atoms with Crippen LogP contribution in [0.5, 0.6) is 5.75 Å². The van der Waals surface area contributed by atoms with Gasteiger partial charge in [0.15, 0.2) is 5.75 Å². The van der Waals surface area contributed by atoms with E-state index < -0.39 is 0 Å². The molecule has 1 rings (SSSR count). The molecule has 0 aliphatic carbocycles. The molecule has 0 spiro atoms. The molecule has 0 aliphatic heterocycles. The first-order valence-corrected chi connectivity index (χ1v) is 3.11. The van der Waals surface area contributed by atoms with Gasteiger partial charge in [0.25, 0.3) is 0 Å². The van der Waals surface area contributed by atoms with E-state index in [1.807, 2.05) is 0 Å². The second-order valence-corrected chi connectivity index (χ2v) is 1.74. The summed E-state index contributed by atoms with van der Waals surface area (Å²) in [5.41, 5.74) is 0. The van der Waals surface area contributed by atoms with E-state index in [9.17, 15) is 0 Å². The normalized spacial score (nSPS) is 9.21. The van der Waals surface area contributed by atoms with E-state index in [-0.39, 0.29) is 29.6 Å². The van der Waals surface area contributed by atoms with Crippen molar-refractivity contribution < 1.29 is 64.9 Å². The van der Waals surface area contributed by atoms with Crippen LogP contribution in [0.3, 0.4) is 0 Å². The summed E-state index contributed by atoms with van der Waals surface area (Å²) in [7, 11) is 0. The van der Waals surface area contributed by atoms with Gasteiger partial charge in [0.1, 0.15) is 0 Å². The fourth-order valence-corrected chi connectivity index (χ4v) is 0.563. The molecule has 0 unspecified atom stereocenters. The van der Waals surface area contributed by atoms with E-state index in [1.165, 1.54) is 0 Å². The summed E-state index contributed by atoms with van der Waals surface area (Å²) >= 11 is 0. The van der Waals surface area contributed by atoms with Gasteiger partial charge in [-0.2, -0.15) is 0 Å². The van der Waals surface area contributed by atoms with Crippen molar-refractivity contribution in [2.75, 3.05) is 0 Å². The van der Waals surface area contributed by atoms with Crippen LogP contribution in [0.2, 0.25) is 0 Å². The molecule has 1 aromatic rings. The number of benzene rings is 1. The number of hydrogen-bond donors (Lipinski definition) is 0. The Morgan fingerprint density at radius 3 is 2.14 bits per heavy atom. The van der Waals surface area contributed by atoms with Gasteiger partial charge in [-0.05, 0) is 22.2 Å². The predicted octanol–water partition coefficient (Wildman–Crippen LogP) is -3.00. The summed E-state index contributed by atoms with van der Waals surface area (Å²) in [4.78, 5) is 4.47. The molecule has 0 aliphatic rings. The number of para-hydroxylation sites is 1. The third-order valence-corrected chi connectivity index (χ3v) is 0.985. The Balaban J connectivity index is 0.00000169. The van der Waals surface area contributed by atoms with Gasteiger partial charge in [-0.15, -0.1) is 0 Å². The molecule has 1 aromatic carbocycles. The molecule has 72 valence electrons. The van der Waals surface area contributed by atoms with Gasteiger partial charge in [0.05, 0.1) is 0 Å². The maximum absolute atomic E-state index is 9.14. The maximum Gasteiger partial charge on any atom is 1.00 e. The fraction of sp³-hybridized carbons (Fsp3) is 0. The third kappa shape index (κ3) is 6.27. The standard InChI is InChI=1S/C6H6O7.Na/c7-9-11-13-12-10-8-6-4-2-1-3-5-6;/h1-5,7H;/q;+1/p-1. The Labute approximate surface area is 101 Å². The van der Waals surface area contributed by atoms with E-state index in [0.29, 0.717) is 5.75 Å². The first kappa shape index (κ1) is 13.8. The Morgan fingerprint density at radius 2 is 1.50 bits per heavy atom. The Hall–Kier alpha value is -0.220. The molecule has 14 heavy (non-hydrogen) atoms. The van der Waals surface area contributed by atoms with Crippen molar-refractivity contribution >= 4 is 0 Å². The van der Waals surface area contributed by atoms with Crippen molar-refractivity contribution in [1.29, 1.82) is 0 Å². The summed E-state index contributed by atoms with van der Waals surface area (Å²) in [6, 6.07) is 8.44. The van der Waals surface area contributed by atoms with Crippen LogP contribution in [0, 0.1) is 0 Å². The molecular formula is C6H5NaO7. The number of hydrogen-bond acceptors (Lipinski definition) is 7. The van der Waals surface area contributed by atoms with Gasteiger partial charge in [-0.1, -0.05) is 18.2 Å². The van der Waals surface area contributed by atoms with E-state index in [2.05, 4.69) is 30.1 Å². The van der Waals surface area contributed by atoms with Gasteiger partial charge in [0.2, 0.25) is 0 Å². The third-order valence-electron chi connectivity index (χ3n) is 0.985. The first-order valence-electron chi connectivity index (χ1n) is 3.11. The van der Waals surface area contributed by atoms with Crippen LogP contribution < -0.4 is 39.7 Å². The molecule has 0 heterocycles. The average molecular weight is 212 g/mol. The Kier molecular flexibility index (Phi) is 9.19. The zero-order valence-corrected chi connectivity index (χ0v) is 9.24. The van der Waals surface area contributed by atoms with Crippen molar-refractivity contribution in [2.24, 2.45) is 0 Å². The quantitative estimate of drug-likeness (QED) is 0.215. The number of rotatable bonds is 6. The average Bonchev–Trinajstić information content (AvgIpc) is 2.19. The van der Waals surface area contributed by atoms with Crippen molar-refractivity contribution in [3.05, 3.63) is 30.3 Å². The molecule has 0 atom stereocenters. The predicted molar refractivity (Wildman–Crippen MR) is 32.5 cm³/mol. The first-order chi connectivity index (χ1) is 6.43. The molecule has 0 fully saturated rings.